The van der Waals surface area contributed by atoms with Crippen molar-refractivity contribution < 1.29 is 4.79 Å². The summed E-state index contributed by atoms with van der Waals surface area (Å²) in [7, 11) is 0. The number of fused-ring (bicyclic) bond motifs is 4. The summed E-state index contributed by atoms with van der Waals surface area (Å²) in [5, 5.41) is 4.17. The van der Waals surface area contributed by atoms with E-state index in [1.54, 1.807) is 19.5 Å². The van der Waals surface area contributed by atoms with Crippen molar-refractivity contribution in [2.75, 3.05) is 0 Å². The van der Waals surface area contributed by atoms with Gasteiger partial charge in [-0.2, -0.15) is 0 Å². The van der Waals surface area contributed by atoms with Crippen LogP contribution in [-0.4, -0.2) is 27.9 Å². The number of carbonyl (C=O) groups excluding carboxylic acids is 1. The molecule has 1 aromatic carbocycles. The molecule has 0 unspecified atom stereocenters. The molecule has 2 aliphatic heterocycles. The Morgan fingerprint density at radius 3 is 2.93 bits per heavy atom. The van der Waals surface area contributed by atoms with Crippen LogP contribution in [0.5, 0.6) is 0 Å². The van der Waals surface area contributed by atoms with E-state index in [1.165, 1.54) is 18.5 Å². The van der Waals surface area contributed by atoms with Crippen LogP contribution < -0.4 is 5.32 Å². The zero-order valence-electron chi connectivity index (χ0n) is 16.8. The van der Waals surface area contributed by atoms with Gasteiger partial charge in [0.1, 0.15) is 11.6 Å². The van der Waals surface area contributed by atoms with Gasteiger partial charge in [-0.15, -0.1) is 0 Å². The van der Waals surface area contributed by atoms with Gasteiger partial charge in [0.25, 0.3) is 0 Å². The number of aryl methyl sites for hydroxylation is 1. The number of hydrogen-bond donors (Lipinski definition) is 2. The number of ketones is 1. The molecule has 0 spiro atoms. The Morgan fingerprint density at radius 2 is 2.14 bits per heavy atom. The van der Waals surface area contributed by atoms with Gasteiger partial charge in [-0.1, -0.05) is 24.8 Å². The van der Waals surface area contributed by atoms with Crippen LogP contribution in [0.2, 0.25) is 0 Å². The Labute approximate surface area is 170 Å². The second-order valence-electron chi connectivity index (χ2n) is 7.20. The molecular weight excluding hydrogens is 362 g/mol. The third kappa shape index (κ3) is 3.53. The van der Waals surface area contributed by atoms with Crippen LogP contribution in [0, 0.1) is 0 Å². The van der Waals surface area contributed by atoms with Crippen LogP contribution in [0.1, 0.15) is 48.3 Å². The first-order chi connectivity index (χ1) is 14.1. The molecule has 0 saturated carbocycles. The van der Waals surface area contributed by atoms with E-state index in [2.05, 4.69) is 37.5 Å². The lowest BCUT2D eigenvalue weighted by molar-refractivity contribution is 0.101. The highest BCUT2D eigenvalue weighted by Gasteiger charge is 2.19. The number of hydrogen-bond acceptors (Lipinski definition) is 4. The average Bonchev–Trinajstić information content (AvgIpc) is 3.28. The molecule has 0 atom stereocenters. The maximum atomic E-state index is 11.5. The predicted molar refractivity (Wildman–Crippen MR) is 120 cm³/mol. The van der Waals surface area contributed by atoms with E-state index < -0.39 is 0 Å². The topological polar surface area (TPSA) is 74.5 Å². The zero-order chi connectivity index (χ0) is 20.4. The Morgan fingerprint density at radius 1 is 1.31 bits per heavy atom. The second kappa shape index (κ2) is 7.91. The highest BCUT2D eigenvalue weighted by atomic mass is 16.1. The molecule has 5 rings (SSSR count). The molecule has 2 aromatic heterocycles. The molecule has 0 radical (unpaired) electrons. The third-order valence-electron chi connectivity index (χ3n) is 5.27. The van der Waals surface area contributed by atoms with Gasteiger partial charge in [0, 0.05) is 40.6 Å². The number of aliphatic imine (C=N–C) groups is 2. The van der Waals surface area contributed by atoms with Crippen LogP contribution in [0.15, 0.2) is 46.9 Å². The fraction of sp³-hybridized carbons (Fsp3) is 0.261. The van der Waals surface area contributed by atoms with E-state index in [0.717, 1.165) is 52.3 Å². The molecule has 2 N–H and O–H groups in total. The number of aromatic amines is 1. The SMILES string of the molecule is C/C=N\c1c(C(C)=O)cc2n1CCCC2.C=C1NC=Nc2[nH]c3ccccc3c21. The number of Topliss-reactive ketones (excluding diaryl/α,β-unsaturated/α-hetero) is 1. The minimum absolute atomic E-state index is 0.109. The van der Waals surface area contributed by atoms with E-state index in [0.29, 0.717) is 0 Å². The summed E-state index contributed by atoms with van der Waals surface area (Å²) in [4.78, 5) is 23.3. The fourth-order valence-electron chi connectivity index (χ4n) is 3.92. The number of nitrogens with one attached hydrogen (secondary N) is 2. The van der Waals surface area contributed by atoms with Crippen LogP contribution >= 0.6 is 0 Å². The monoisotopic (exact) mass is 387 g/mol. The molecule has 148 valence electrons. The summed E-state index contributed by atoms with van der Waals surface area (Å²) in [6.07, 6.45) is 6.88. The molecule has 6 heteroatoms. The Hall–Kier alpha value is -3.41. The van der Waals surface area contributed by atoms with E-state index in [-0.39, 0.29) is 5.78 Å². The predicted octanol–water partition coefficient (Wildman–Crippen LogP) is 5.15. The largest absolute Gasteiger partial charge is 0.346 e. The van der Waals surface area contributed by atoms with Crippen molar-refractivity contribution in [3.05, 3.63) is 53.7 Å². The molecule has 2 aliphatic rings. The molecule has 3 aromatic rings. The van der Waals surface area contributed by atoms with E-state index >= 15 is 0 Å². The molecule has 0 saturated heterocycles. The molecule has 29 heavy (non-hydrogen) atoms. The first-order valence-corrected chi connectivity index (χ1v) is 9.91. The van der Waals surface area contributed by atoms with Gasteiger partial charge >= 0.3 is 0 Å². The maximum Gasteiger partial charge on any atom is 0.163 e. The van der Waals surface area contributed by atoms with Crippen molar-refractivity contribution in [2.45, 2.75) is 39.7 Å². The summed E-state index contributed by atoms with van der Waals surface area (Å²) < 4.78 is 2.18. The van der Waals surface area contributed by atoms with Gasteiger partial charge in [-0.3, -0.25) is 4.79 Å². The van der Waals surface area contributed by atoms with Gasteiger partial charge in [0.2, 0.25) is 0 Å². The number of aromatic nitrogens is 2. The van der Waals surface area contributed by atoms with Crippen LogP contribution in [0.3, 0.4) is 0 Å². The quantitative estimate of drug-likeness (QED) is 0.471. The highest BCUT2D eigenvalue weighted by Crippen LogP contribution is 2.33. The van der Waals surface area contributed by atoms with Crippen LogP contribution in [0.4, 0.5) is 11.6 Å². The lowest BCUT2D eigenvalue weighted by Gasteiger charge is -2.15. The average molecular weight is 387 g/mol. The van der Waals surface area contributed by atoms with Gasteiger partial charge in [-0.25, -0.2) is 9.98 Å². The van der Waals surface area contributed by atoms with E-state index in [1.807, 2.05) is 31.2 Å². The summed E-state index contributed by atoms with van der Waals surface area (Å²) in [6, 6.07) is 10.1. The van der Waals surface area contributed by atoms with Crippen molar-refractivity contribution >= 4 is 46.6 Å². The second-order valence-corrected chi connectivity index (χ2v) is 7.20. The van der Waals surface area contributed by atoms with Gasteiger partial charge in [-0.05, 0) is 45.2 Å². The van der Waals surface area contributed by atoms with Crippen molar-refractivity contribution in [3.8, 4) is 0 Å². The van der Waals surface area contributed by atoms with Gasteiger partial charge in [0.15, 0.2) is 5.78 Å². The zero-order valence-corrected chi connectivity index (χ0v) is 16.8. The third-order valence-corrected chi connectivity index (χ3v) is 5.27. The summed E-state index contributed by atoms with van der Waals surface area (Å²) in [5.41, 5.74) is 5.09. The fourth-order valence-corrected chi connectivity index (χ4v) is 3.92. The number of nitrogens with zero attached hydrogens (tertiary/aromatic N) is 3. The van der Waals surface area contributed by atoms with Crippen molar-refractivity contribution in [3.63, 3.8) is 0 Å². The summed E-state index contributed by atoms with van der Waals surface area (Å²) >= 11 is 0. The summed E-state index contributed by atoms with van der Waals surface area (Å²) in [5.74, 6) is 1.84. The number of rotatable bonds is 2. The molecular formula is C23H25N5O. The van der Waals surface area contributed by atoms with E-state index in [4.69, 9.17) is 0 Å². The normalized spacial score (nSPS) is 14.9. The molecule has 0 aliphatic carbocycles. The van der Waals surface area contributed by atoms with Gasteiger partial charge < -0.3 is 14.9 Å². The minimum atomic E-state index is 0.109. The van der Waals surface area contributed by atoms with Crippen molar-refractivity contribution in [1.29, 1.82) is 0 Å². The first-order valence-electron chi connectivity index (χ1n) is 9.91. The lowest BCUT2D eigenvalue weighted by Crippen LogP contribution is -2.11. The number of carbonyl (C=O) groups is 1. The standard InChI is InChI=1S/C12H16N2O.C11H9N3/c1-3-13-12-11(9(2)15)8-10-6-4-5-7-14(10)12;1-7-10-8-4-2-3-5-9(8)14-11(10)13-6-12-7/h3,8H,4-7H2,1-2H3;2-6,14H,1H2,(H,12,13)/b13-3-;. The first kappa shape index (κ1) is 18.9. The number of benzene rings is 1. The maximum absolute atomic E-state index is 11.5. The van der Waals surface area contributed by atoms with Crippen molar-refractivity contribution in [1.82, 2.24) is 14.9 Å². The minimum Gasteiger partial charge on any atom is -0.346 e. The number of para-hydroxylation sites is 1. The molecule has 0 fully saturated rings. The summed E-state index contributed by atoms with van der Waals surface area (Å²) in [6.45, 7) is 8.44. The Kier molecular flexibility index (Phi) is 5.16. The molecule has 4 heterocycles. The van der Waals surface area contributed by atoms with Gasteiger partial charge in [0.05, 0.1) is 11.9 Å². The van der Waals surface area contributed by atoms with Crippen LogP contribution in [0.25, 0.3) is 16.6 Å². The molecule has 0 bridgehead atoms. The smallest absolute Gasteiger partial charge is 0.163 e. The Bertz CT molecular complexity index is 1150. The molecule has 6 nitrogen and oxygen atoms in total. The van der Waals surface area contributed by atoms with Crippen molar-refractivity contribution in [2.24, 2.45) is 9.98 Å². The lowest BCUT2D eigenvalue weighted by atomic mass is 10.1. The Balaban J connectivity index is 0.000000141. The highest BCUT2D eigenvalue weighted by molar-refractivity contribution is 6.01. The van der Waals surface area contributed by atoms with Crippen LogP contribution in [-0.2, 0) is 13.0 Å². The van der Waals surface area contributed by atoms with E-state index in [9.17, 15) is 4.79 Å². The molecule has 0 amide bonds. The number of H-pyrrole nitrogens is 1.